The zero-order valence-corrected chi connectivity index (χ0v) is 16.1. The van der Waals surface area contributed by atoms with E-state index >= 15 is 0 Å². The molecule has 0 aliphatic rings. The number of ether oxygens (including phenoxy) is 1. The van der Waals surface area contributed by atoms with Crippen molar-refractivity contribution in [2.45, 2.75) is 19.8 Å². The van der Waals surface area contributed by atoms with Crippen LogP contribution in [0, 0.1) is 0 Å². The molecule has 0 aliphatic carbocycles. The van der Waals surface area contributed by atoms with Crippen molar-refractivity contribution in [3.05, 3.63) is 71.4 Å². The number of hydrogen-bond acceptors (Lipinski definition) is 4. The van der Waals surface area contributed by atoms with Gasteiger partial charge >= 0.3 is 5.97 Å². The summed E-state index contributed by atoms with van der Waals surface area (Å²) >= 11 is 0. The molecule has 0 spiro atoms. The number of benzene rings is 2. The Labute approximate surface area is 160 Å². The molecular weight excluding hydrogens is 340 g/mol. The third-order valence-corrected chi connectivity index (χ3v) is 3.96. The number of carbonyl (C=O) groups is 2. The molecular formula is C22H26N2O3. The molecule has 1 N–H and O–H groups in total. The van der Waals surface area contributed by atoms with Gasteiger partial charge in [-0.25, -0.2) is 4.79 Å². The average Bonchev–Trinajstić information content (AvgIpc) is 2.68. The number of rotatable bonds is 8. The highest BCUT2D eigenvalue weighted by Crippen LogP contribution is 2.15. The van der Waals surface area contributed by atoms with Gasteiger partial charge in [-0.05, 0) is 42.3 Å². The molecule has 2 rings (SSSR count). The molecule has 0 fully saturated rings. The van der Waals surface area contributed by atoms with Crippen LogP contribution >= 0.6 is 0 Å². The van der Waals surface area contributed by atoms with Crippen molar-refractivity contribution in [1.82, 2.24) is 5.32 Å². The fourth-order valence-electron chi connectivity index (χ4n) is 2.35. The molecule has 0 radical (unpaired) electrons. The molecule has 0 aliphatic heterocycles. The quantitative estimate of drug-likeness (QED) is 0.438. The van der Waals surface area contributed by atoms with Crippen LogP contribution in [0.1, 0.15) is 35.7 Å². The zero-order chi connectivity index (χ0) is 19.6. The Bertz CT molecular complexity index is 781. The summed E-state index contributed by atoms with van der Waals surface area (Å²) in [6, 6.07) is 16.5. The molecule has 142 valence electrons. The first-order valence-electron chi connectivity index (χ1n) is 9.04. The Balaban J connectivity index is 2.22. The molecule has 0 aromatic heterocycles. The van der Waals surface area contributed by atoms with Gasteiger partial charge in [-0.15, -0.1) is 0 Å². The monoisotopic (exact) mass is 366 g/mol. The maximum Gasteiger partial charge on any atom is 0.354 e. The van der Waals surface area contributed by atoms with Crippen LogP contribution in [0.25, 0.3) is 6.08 Å². The first-order valence-corrected chi connectivity index (χ1v) is 9.04. The summed E-state index contributed by atoms with van der Waals surface area (Å²) in [6.45, 7) is 2.35. The lowest BCUT2D eigenvalue weighted by atomic mass is 10.1. The lowest BCUT2D eigenvalue weighted by Crippen LogP contribution is -2.28. The van der Waals surface area contributed by atoms with Crippen LogP contribution in [-0.2, 0) is 9.53 Å². The standard InChI is InChI=1S/C22H26N2O3/c1-4-5-15-27-22(26)20(23-21(25)18-9-7-6-8-10-18)16-17-11-13-19(14-12-17)24(2)3/h6-14,16H,4-5,15H2,1-3H3,(H,23,25)/b20-16-. The average molecular weight is 366 g/mol. The second-order valence-corrected chi connectivity index (χ2v) is 6.35. The van der Waals surface area contributed by atoms with Gasteiger partial charge in [0, 0.05) is 25.3 Å². The molecule has 1 amide bonds. The number of unbranched alkanes of at least 4 members (excludes halogenated alkanes) is 1. The van der Waals surface area contributed by atoms with Crippen LogP contribution in [0.4, 0.5) is 5.69 Å². The molecule has 2 aromatic carbocycles. The van der Waals surface area contributed by atoms with Crippen molar-refractivity contribution in [1.29, 1.82) is 0 Å². The summed E-state index contributed by atoms with van der Waals surface area (Å²) in [6.07, 6.45) is 3.34. The van der Waals surface area contributed by atoms with E-state index in [9.17, 15) is 9.59 Å². The lowest BCUT2D eigenvalue weighted by Gasteiger charge is -2.13. The predicted molar refractivity (Wildman–Crippen MR) is 109 cm³/mol. The van der Waals surface area contributed by atoms with Gasteiger partial charge in [0.05, 0.1) is 6.61 Å². The minimum atomic E-state index is -0.538. The zero-order valence-electron chi connectivity index (χ0n) is 16.1. The van der Waals surface area contributed by atoms with E-state index in [2.05, 4.69) is 5.32 Å². The van der Waals surface area contributed by atoms with E-state index in [1.807, 2.05) is 56.3 Å². The van der Waals surface area contributed by atoms with Gasteiger partial charge in [0.1, 0.15) is 5.70 Å². The van der Waals surface area contributed by atoms with E-state index in [0.29, 0.717) is 12.2 Å². The SMILES string of the molecule is CCCCOC(=O)/C(=C/c1ccc(N(C)C)cc1)NC(=O)c1ccccc1. The molecule has 0 saturated carbocycles. The van der Waals surface area contributed by atoms with Gasteiger partial charge in [0.2, 0.25) is 0 Å². The maximum atomic E-state index is 12.5. The second-order valence-electron chi connectivity index (χ2n) is 6.35. The fraction of sp³-hybridized carbons (Fsp3) is 0.273. The number of esters is 1. The van der Waals surface area contributed by atoms with Crippen molar-refractivity contribution in [2.24, 2.45) is 0 Å². The van der Waals surface area contributed by atoms with E-state index in [-0.39, 0.29) is 11.6 Å². The first-order chi connectivity index (χ1) is 13.0. The van der Waals surface area contributed by atoms with E-state index in [4.69, 9.17) is 4.74 Å². The van der Waals surface area contributed by atoms with Crippen LogP contribution in [0.5, 0.6) is 0 Å². The lowest BCUT2D eigenvalue weighted by molar-refractivity contribution is -0.139. The summed E-state index contributed by atoms with van der Waals surface area (Å²) in [7, 11) is 3.92. The maximum absolute atomic E-state index is 12.5. The van der Waals surface area contributed by atoms with Crippen molar-refractivity contribution in [3.8, 4) is 0 Å². The van der Waals surface area contributed by atoms with E-state index < -0.39 is 5.97 Å². The Morgan fingerprint density at radius 3 is 2.30 bits per heavy atom. The van der Waals surface area contributed by atoms with Crippen LogP contribution in [-0.4, -0.2) is 32.6 Å². The van der Waals surface area contributed by atoms with Crippen molar-refractivity contribution in [3.63, 3.8) is 0 Å². The molecule has 0 atom stereocenters. The Kier molecular flexibility index (Phi) is 7.62. The molecule has 0 bridgehead atoms. The minimum Gasteiger partial charge on any atom is -0.461 e. The molecule has 2 aromatic rings. The van der Waals surface area contributed by atoms with Gasteiger partial charge in [0.15, 0.2) is 0 Å². The van der Waals surface area contributed by atoms with Crippen LogP contribution in [0.3, 0.4) is 0 Å². The predicted octanol–water partition coefficient (Wildman–Crippen LogP) is 3.87. The number of nitrogens with zero attached hydrogens (tertiary/aromatic N) is 1. The number of amides is 1. The molecule has 27 heavy (non-hydrogen) atoms. The number of carbonyl (C=O) groups excluding carboxylic acids is 2. The van der Waals surface area contributed by atoms with E-state index in [1.54, 1.807) is 30.3 Å². The smallest absolute Gasteiger partial charge is 0.354 e. The third-order valence-electron chi connectivity index (χ3n) is 3.96. The molecule has 5 heteroatoms. The molecule has 0 unspecified atom stereocenters. The Morgan fingerprint density at radius 1 is 1.04 bits per heavy atom. The van der Waals surface area contributed by atoms with Gasteiger partial charge in [-0.2, -0.15) is 0 Å². The van der Waals surface area contributed by atoms with E-state index in [0.717, 1.165) is 24.1 Å². The summed E-state index contributed by atoms with van der Waals surface area (Å²) in [5.74, 6) is -0.886. The molecule has 0 saturated heterocycles. The van der Waals surface area contributed by atoms with E-state index in [1.165, 1.54) is 0 Å². The minimum absolute atomic E-state index is 0.123. The van der Waals surface area contributed by atoms with Crippen molar-refractivity contribution in [2.75, 3.05) is 25.6 Å². The Morgan fingerprint density at radius 2 is 1.70 bits per heavy atom. The normalized spacial score (nSPS) is 11.0. The number of hydrogen-bond donors (Lipinski definition) is 1. The van der Waals surface area contributed by atoms with Crippen molar-refractivity contribution >= 4 is 23.6 Å². The summed E-state index contributed by atoms with van der Waals surface area (Å²) in [5.41, 5.74) is 2.45. The van der Waals surface area contributed by atoms with Crippen LogP contribution < -0.4 is 10.2 Å². The fourth-order valence-corrected chi connectivity index (χ4v) is 2.35. The summed E-state index contributed by atoms with van der Waals surface area (Å²) in [5, 5.41) is 2.68. The molecule has 5 nitrogen and oxygen atoms in total. The number of nitrogens with one attached hydrogen (secondary N) is 1. The summed E-state index contributed by atoms with van der Waals surface area (Å²) in [4.78, 5) is 26.9. The van der Waals surface area contributed by atoms with Crippen LogP contribution in [0.15, 0.2) is 60.3 Å². The van der Waals surface area contributed by atoms with Crippen LogP contribution in [0.2, 0.25) is 0 Å². The largest absolute Gasteiger partial charge is 0.461 e. The van der Waals surface area contributed by atoms with Gasteiger partial charge < -0.3 is 15.0 Å². The molecule has 0 heterocycles. The number of anilines is 1. The Hall–Kier alpha value is -3.08. The highest BCUT2D eigenvalue weighted by molar-refractivity contribution is 6.03. The second kappa shape index (κ2) is 10.2. The van der Waals surface area contributed by atoms with Crippen molar-refractivity contribution < 1.29 is 14.3 Å². The first kappa shape index (κ1) is 20.2. The van der Waals surface area contributed by atoms with Gasteiger partial charge in [-0.1, -0.05) is 43.7 Å². The highest BCUT2D eigenvalue weighted by Gasteiger charge is 2.16. The van der Waals surface area contributed by atoms with Gasteiger partial charge in [0.25, 0.3) is 5.91 Å². The third kappa shape index (κ3) is 6.29. The van der Waals surface area contributed by atoms with Gasteiger partial charge in [-0.3, -0.25) is 4.79 Å². The topological polar surface area (TPSA) is 58.6 Å². The summed E-state index contributed by atoms with van der Waals surface area (Å²) < 4.78 is 5.29. The highest BCUT2D eigenvalue weighted by atomic mass is 16.5.